The van der Waals surface area contributed by atoms with Gasteiger partial charge in [0.1, 0.15) is 17.3 Å². The van der Waals surface area contributed by atoms with Gasteiger partial charge < -0.3 is 15.2 Å². The van der Waals surface area contributed by atoms with Gasteiger partial charge in [-0.3, -0.25) is 5.41 Å². The van der Waals surface area contributed by atoms with E-state index in [2.05, 4.69) is 13.8 Å². The first kappa shape index (κ1) is 13.4. The van der Waals surface area contributed by atoms with Gasteiger partial charge in [-0.05, 0) is 18.1 Å². The highest BCUT2D eigenvalue weighted by Crippen LogP contribution is 2.23. The largest absolute Gasteiger partial charge is 0.497 e. The van der Waals surface area contributed by atoms with Gasteiger partial charge in [0.05, 0.1) is 13.7 Å². The van der Waals surface area contributed by atoms with Crippen molar-refractivity contribution in [3.63, 3.8) is 0 Å². The van der Waals surface area contributed by atoms with Crippen LogP contribution in [0.15, 0.2) is 18.2 Å². The molecule has 0 aliphatic carbocycles. The zero-order valence-electron chi connectivity index (χ0n) is 10.6. The molecule has 17 heavy (non-hydrogen) atoms. The Morgan fingerprint density at radius 1 is 1.35 bits per heavy atom. The molecule has 4 heteroatoms. The number of ether oxygens (including phenoxy) is 2. The van der Waals surface area contributed by atoms with Crippen molar-refractivity contribution in [3.05, 3.63) is 23.8 Å². The molecule has 0 amide bonds. The van der Waals surface area contributed by atoms with E-state index in [0.717, 1.165) is 6.42 Å². The molecule has 4 nitrogen and oxygen atoms in total. The Kier molecular flexibility index (Phi) is 4.82. The molecule has 1 rings (SSSR count). The summed E-state index contributed by atoms with van der Waals surface area (Å²) in [5, 5.41) is 7.42. The summed E-state index contributed by atoms with van der Waals surface area (Å²) in [6.07, 6.45) is 1.07. The van der Waals surface area contributed by atoms with Crippen molar-refractivity contribution in [2.45, 2.75) is 20.3 Å². The zero-order valence-corrected chi connectivity index (χ0v) is 10.6. The normalized spacial score (nSPS) is 11.9. The van der Waals surface area contributed by atoms with E-state index < -0.39 is 0 Å². The molecule has 1 aromatic rings. The van der Waals surface area contributed by atoms with Crippen LogP contribution in [0.2, 0.25) is 0 Å². The summed E-state index contributed by atoms with van der Waals surface area (Å²) in [5.74, 6) is 1.85. The molecule has 0 fully saturated rings. The fourth-order valence-electron chi connectivity index (χ4n) is 1.28. The average Bonchev–Trinajstić information content (AvgIpc) is 2.35. The molecule has 0 spiro atoms. The number of amidine groups is 1. The Morgan fingerprint density at radius 3 is 2.53 bits per heavy atom. The Balaban J connectivity index is 2.83. The lowest BCUT2D eigenvalue weighted by Crippen LogP contribution is -2.12. The third-order valence-electron chi connectivity index (χ3n) is 2.66. The third-order valence-corrected chi connectivity index (χ3v) is 2.66. The number of nitrogens with two attached hydrogens (primary N) is 1. The van der Waals surface area contributed by atoms with Crippen LogP contribution in [0.25, 0.3) is 0 Å². The number of benzene rings is 1. The Morgan fingerprint density at radius 2 is 2.00 bits per heavy atom. The quantitative estimate of drug-likeness (QED) is 0.588. The molecule has 0 bridgehead atoms. The Hall–Kier alpha value is -1.71. The van der Waals surface area contributed by atoms with E-state index >= 15 is 0 Å². The highest BCUT2D eigenvalue weighted by atomic mass is 16.5. The van der Waals surface area contributed by atoms with Gasteiger partial charge in [-0.1, -0.05) is 20.3 Å². The standard InChI is InChI=1S/C13H20N2O2/c1-4-9(2)8-17-12-6-10(13(14)15)5-11(7-12)16-3/h5-7,9H,4,8H2,1-3H3,(H3,14,15). The van der Waals surface area contributed by atoms with E-state index in [4.69, 9.17) is 20.6 Å². The van der Waals surface area contributed by atoms with Crippen molar-refractivity contribution >= 4 is 5.84 Å². The van der Waals surface area contributed by atoms with E-state index in [1.807, 2.05) is 0 Å². The Labute approximate surface area is 102 Å². The van der Waals surface area contributed by atoms with Crippen LogP contribution in [-0.4, -0.2) is 19.6 Å². The molecule has 0 aliphatic rings. The molecule has 1 aromatic carbocycles. The highest BCUT2D eigenvalue weighted by Gasteiger charge is 2.06. The molecule has 0 heterocycles. The molecule has 3 N–H and O–H groups in total. The van der Waals surface area contributed by atoms with Crippen molar-refractivity contribution in [2.24, 2.45) is 11.7 Å². The zero-order chi connectivity index (χ0) is 12.8. The minimum absolute atomic E-state index is 0.0114. The van der Waals surface area contributed by atoms with Crippen LogP contribution in [0.3, 0.4) is 0 Å². The van der Waals surface area contributed by atoms with Gasteiger partial charge in [0.25, 0.3) is 0 Å². The van der Waals surface area contributed by atoms with Gasteiger partial charge in [-0.15, -0.1) is 0 Å². The van der Waals surface area contributed by atoms with Crippen molar-refractivity contribution in [3.8, 4) is 11.5 Å². The van der Waals surface area contributed by atoms with E-state index in [1.54, 1.807) is 25.3 Å². The lowest BCUT2D eigenvalue weighted by atomic mass is 10.1. The van der Waals surface area contributed by atoms with Gasteiger partial charge in [0.2, 0.25) is 0 Å². The lowest BCUT2D eigenvalue weighted by Gasteiger charge is -2.13. The van der Waals surface area contributed by atoms with E-state index in [9.17, 15) is 0 Å². The van der Waals surface area contributed by atoms with Crippen LogP contribution in [0.4, 0.5) is 0 Å². The van der Waals surface area contributed by atoms with Gasteiger partial charge in [-0.2, -0.15) is 0 Å². The van der Waals surface area contributed by atoms with Crippen LogP contribution in [-0.2, 0) is 0 Å². The molecule has 0 aromatic heterocycles. The maximum Gasteiger partial charge on any atom is 0.123 e. The number of rotatable bonds is 6. The molecule has 0 aliphatic heterocycles. The van der Waals surface area contributed by atoms with Crippen LogP contribution < -0.4 is 15.2 Å². The van der Waals surface area contributed by atoms with Crippen molar-refractivity contribution in [1.29, 1.82) is 5.41 Å². The summed E-state index contributed by atoms with van der Waals surface area (Å²) in [4.78, 5) is 0. The monoisotopic (exact) mass is 236 g/mol. The predicted octanol–water partition coefficient (Wildman–Crippen LogP) is 2.40. The molecular weight excluding hydrogens is 216 g/mol. The second kappa shape index (κ2) is 6.13. The van der Waals surface area contributed by atoms with Gasteiger partial charge in [-0.25, -0.2) is 0 Å². The third kappa shape index (κ3) is 3.98. The smallest absolute Gasteiger partial charge is 0.123 e. The summed E-state index contributed by atoms with van der Waals surface area (Å²) >= 11 is 0. The molecule has 1 unspecified atom stereocenters. The van der Waals surface area contributed by atoms with Gasteiger partial charge >= 0.3 is 0 Å². The van der Waals surface area contributed by atoms with Gasteiger partial charge in [0.15, 0.2) is 0 Å². The average molecular weight is 236 g/mol. The number of methoxy groups -OCH3 is 1. The maximum atomic E-state index is 7.42. The summed E-state index contributed by atoms with van der Waals surface area (Å²) < 4.78 is 10.8. The van der Waals surface area contributed by atoms with E-state index in [-0.39, 0.29) is 5.84 Å². The summed E-state index contributed by atoms with van der Waals surface area (Å²) in [6.45, 7) is 4.91. The summed E-state index contributed by atoms with van der Waals surface area (Å²) in [6, 6.07) is 5.28. The first-order valence-electron chi connectivity index (χ1n) is 5.73. The number of nitrogen functional groups attached to an aromatic ring is 1. The van der Waals surface area contributed by atoms with Gasteiger partial charge in [0, 0.05) is 11.6 Å². The SMILES string of the molecule is CCC(C)COc1cc(OC)cc(C(=N)N)c1. The summed E-state index contributed by atoms with van der Waals surface area (Å²) in [5.41, 5.74) is 6.07. The first-order valence-corrected chi connectivity index (χ1v) is 5.73. The highest BCUT2D eigenvalue weighted by molar-refractivity contribution is 5.95. The number of hydrogen-bond donors (Lipinski definition) is 2. The second-order valence-corrected chi connectivity index (χ2v) is 4.14. The molecule has 0 saturated heterocycles. The van der Waals surface area contributed by atoms with E-state index in [0.29, 0.717) is 29.6 Å². The molecule has 1 atom stereocenters. The molecular formula is C13H20N2O2. The van der Waals surface area contributed by atoms with Crippen molar-refractivity contribution in [2.75, 3.05) is 13.7 Å². The van der Waals surface area contributed by atoms with E-state index in [1.165, 1.54) is 0 Å². The minimum atomic E-state index is 0.0114. The fraction of sp³-hybridized carbons (Fsp3) is 0.462. The van der Waals surface area contributed by atoms with Crippen molar-refractivity contribution < 1.29 is 9.47 Å². The topological polar surface area (TPSA) is 68.3 Å². The number of nitrogens with one attached hydrogen (secondary N) is 1. The maximum absolute atomic E-state index is 7.42. The lowest BCUT2D eigenvalue weighted by molar-refractivity contribution is 0.255. The fourth-order valence-corrected chi connectivity index (χ4v) is 1.28. The molecule has 94 valence electrons. The second-order valence-electron chi connectivity index (χ2n) is 4.14. The molecule has 0 radical (unpaired) electrons. The summed E-state index contributed by atoms with van der Waals surface area (Å²) in [7, 11) is 1.58. The van der Waals surface area contributed by atoms with Crippen molar-refractivity contribution in [1.82, 2.24) is 0 Å². The van der Waals surface area contributed by atoms with Crippen LogP contribution in [0.5, 0.6) is 11.5 Å². The first-order chi connectivity index (χ1) is 8.06. The Bertz CT molecular complexity index is 391. The van der Waals surface area contributed by atoms with Crippen LogP contribution in [0.1, 0.15) is 25.8 Å². The van der Waals surface area contributed by atoms with Crippen LogP contribution >= 0.6 is 0 Å². The predicted molar refractivity (Wildman–Crippen MR) is 69.0 cm³/mol. The number of hydrogen-bond acceptors (Lipinski definition) is 3. The molecule has 0 saturated carbocycles. The van der Waals surface area contributed by atoms with Crippen LogP contribution in [0, 0.1) is 11.3 Å². The minimum Gasteiger partial charge on any atom is -0.497 e.